The van der Waals surface area contributed by atoms with E-state index in [4.69, 9.17) is 0 Å². The number of rotatable bonds is 3. The molecule has 1 N–H and O–H groups in total. The topological polar surface area (TPSA) is 20.2 Å². The van der Waals surface area contributed by atoms with Crippen LogP contribution in [0.15, 0.2) is 79.1 Å². The van der Waals surface area contributed by atoms with Gasteiger partial charge in [0.25, 0.3) is 0 Å². The summed E-state index contributed by atoms with van der Waals surface area (Å²) in [5.41, 5.74) is 2.77. The summed E-state index contributed by atoms with van der Waals surface area (Å²) in [5, 5.41) is 9.99. The SMILES string of the molecule is C=CC(O)=C(c1ccccc1)c1ccccc1. The van der Waals surface area contributed by atoms with Crippen molar-refractivity contribution in [2.24, 2.45) is 0 Å². The lowest BCUT2D eigenvalue weighted by Crippen LogP contribution is -1.92. The number of aliphatic hydroxyl groups is 1. The van der Waals surface area contributed by atoms with Crippen molar-refractivity contribution in [3.8, 4) is 0 Å². The molecule has 0 aromatic heterocycles. The fraction of sp³-hybridized carbons (Fsp3) is 0. The summed E-state index contributed by atoms with van der Waals surface area (Å²) in [6, 6.07) is 19.6. The monoisotopic (exact) mass is 222 g/mol. The maximum atomic E-state index is 9.99. The zero-order valence-electron chi connectivity index (χ0n) is 9.51. The minimum absolute atomic E-state index is 0.197. The van der Waals surface area contributed by atoms with Crippen molar-refractivity contribution in [2.45, 2.75) is 0 Å². The number of benzene rings is 2. The Labute approximate surface area is 101 Å². The van der Waals surface area contributed by atoms with Gasteiger partial charge in [0.15, 0.2) is 0 Å². The Morgan fingerprint density at radius 2 is 1.24 bits per heavy atom. The van der Waals surface area contributed by atoms with Gasteiger partial charge in [-0.1, -0.05) is 67.2 Å². The summed E-state index contributed by atoms with van der Waals surface area (Å²) in [6.07, 6.45) is 1.47. The van der Waals surface area contributed by atoms with Crippen molar-refractivity contribution in [1.82, 2.24) is 0 Å². The van der Waals surface area contributed by atoms with Crippen molar-refractivity contribution in [1.29, 1.82) is 0 Å². The first kappa shape index (κ1) is 11.2. The van der Waals surface area contributed by atoms with E-state index in [1.807, 2.05) is 60.7 Å². The molecule has 84 valence electrons. The average Bonchev–Trinajstić information content (AvgIpc) is 2.41. The molecule has 2 aromatic rings. The number of aliphatic hydroxyl groups excluding tert-OH is 1. The van der Waals surface area contributed by atoms with E-state index in [9.17, 15) is 5.11 Å². The number of hydrogen-bond acceptors (Lipinski definition) is 1. The minimum Gasteiger partial charge on any atom is -0.507 e. The van der Waals surface area contributed by atoms with Gasteiger partial charge in [0.1, 0.15) is 5.76 Å². The lowest BCUT2D eigenvalue weighted by molar-refractivity contribution is 0.435. The van der Waals surface area contributed by atoms with Crippen LogP contribution >= 0.6 is 0 Å². The second kappa shape index (κ2) is 5.17. The summed E-state index contributed by atoms with van der Waals surface area (Å²) in [6.45, 7) is 3.62. The van der Waals surface area contributed by atoms with Crippen LogP contribution in [0.4, 0.5) is 0 Å². The van der Waals surface area contributed by atoms with Crippen molar-refractivity contribution < 1.29 is 5.11 Å². The lowest BCUT2D eigenvalue weighted by Gasteiger charge is -2.09. The highest BCUT2D eigenvalue weighted by molar-refractivity contribution is 5.82. The summed E-state index contributed by atoms with van der Waals surface area (Å²) in [7, 11) is 0. The van der Waals surface area contributed by atoms with Crippen LogP contribution in [0.3, 0.4) is 0 Å². The molecule has 0 saturated carbocycles. The van der Waals surface area contributed by atoms with Crippen molar-refractivity contribution >= 4 is 5.57 Å². The molecule has 0 bridgehead atoms. The predicted molar refractivity (Wildman–Crippen MR) is 71.7 cm³/mol. The van der Waals surface area contributed by atoms with Crippen LogP contribution in [-0.2, 0) is 0 Å². The molecule has 0 amide bonds. The molecule has 0 spiro atoms. The van der Waals surface area contributed by atoms with Gasteiger partial charge in [0.2, 0.25) is 0 Å². The molecule has 2 aromatic carbocycles. The summed E-state index contributed by atoms with van der Waals surface area (Å²) < 4.78 is 0. The van der Waals surface area contributed by atoms with Crippen molar-refractivity contribution in [3.05, 3.63) is 90.2 Å². The van der Waals surface area contributed by atoms with E-state index in [1.54, 1.807) is 0 Å². The van der Waals surface area contributed by atoms with Crippen LogP contribution < -0.4 is 0 Å². The maximum Gasteiger partial charge on any atom is 0.123 e. The molecule has 0 aliphatic rings. The molecule has 17 heavy (non-hydrogen) atoms. The third kappa shape index (κ3) is 2.45. The van der Waals surface area contributed by atoms with Gasteiger partial charge in [-0.3, -0.25) is 0 Å². The van der Waals surface area contributed by atoms with Crippen LogP contribution in [-0.4, -0.2) is 5.11 Å². The van der Waals surface area contributed by atoms with Crippen LogP contribution in [0.1, 0.15) is 11.1 Å². The van der Waals surface area contributed by atoms with E-state index >= 15 is 0 Å². The fourth-order valence-corrected chi connectivity index (χ4v) is 1.77. The van der Waals surface area contributed by atoms with Gasteiger partial charge in [0.05, 0.1) is 0 Å². The van der Waals surface area contributed by atoms with Crippen LogP contribution in [0, 0.1) is 0 Å². The number of hydrogen-bond donors (Lipinski definition) is 1. The van der Waals surface area contributed by atoms with E-state index < -0.39 is 0 Å². The maximum absolute atomic E-state index is 9.99. The molecule has 0 radical (unpaired) electrons. The third-order valence-electron chi connectivity index (χ3n) is 2.57. The van der Waals surface area contributed by atoms with Gasteiger partial charge in [-0.15, -0.1) is 0 Å². The van der Waals surface area contributed by atoms with Gasteiger partial charge >= 0.3 is 0 Å². The molecule has 1 nitrogen and oxygen atoms in total. The first-order valence-electron chi connectivity index (χ1n) is 5.49. The fourth-order valence-electron chi connectivity index (χ4n) is 1.77. The quantitative estimate of drug-likeness (QED) is 0.610. The highest BCUT2D eigenvalue weighted by Gasteiger charge is 2.08. The van der Waals surface area contributed by atoms with Gasteiger partial charge < -0.3 is 5.11 Å². The van der Waals surface area contributed by atoms with Crippen LogP contribution in [0.5, 0.6) is 0 Å². The summed E-state index contributed by atoms with van der Waals surface area (Å²) in [5.74, 6) is 0.197. The van der Waals surface area contributed by atoms with Crippen LogP contribution in [0.25, 0.3) is 5.57 Å². The normalized spacial score (nSPS) is 9.65. The van der Waals surface area contributed by atoms with Gasteiger partial charge in [-0.05, 0) is 17.2 Å². The largest absolute Gasteiger partial charge is 0.507 e. The Balaban J connectivity index is 2.60. The molecule has 0 heterocycles. The van der Waals surface area contributed by atoms with E-state index in [2.05, 4.69) is 6.58 Å². The third-order valence-corrected chi connectivity index (χ3v) is 2.57. The zero-order valence-corrected chi connectivity index (χ0v) is 9.51. The smallest absolute Gasteiger partial charge is 0.123 e. The summed E-state index contributed by atoms with van der Waals surface area (Å²) in [4.78, 5) is 0. The second-order valence-corrected chi connectivity index (χ2v) is 3.70. The molecular formula is C16H14O. The molecule has 1 heteroatoms. The summed E-state index contributed by atoms with van der Waals surface area (Å²) >= 11 is 0. The Morgan fingerprint density at radius 1 is 0.824 bits per heavy atom. The Kier molecular flexibility index (Phi) is 3.41. The molecular weight excluding hydrogens is 208 g/mol. The highest BCUT2D eigenvalue weighted by Crippen LogP contribution is 2.25. The lowest BCUT2D eigenvalue weighted by atomic mass is 9.97. The zero-order chi connectivity index (χ0) is 12.1. The molecule has 0 fully saturated rings. The van der Waals surface area contributed by atoms with Crippen LogP contribution in [0.2, 0.25) is 0 Å². The van der Waals surface area contributed by atoms with Gasteiger partial charge in [-0.2, -0.15) is 0 Å². The van der Waals surface area contributed by atoms with E-state index in [-0.39, 0.29) is 5.76 Å². The molecule has 0 saturated heterocycles. The van der Waals surface area contributed by atoms with Crippen molar-refractivity contribution in [2.75, 3.05) is 0 Å². The predicted octanol–water partition coefficient (Wildman–Crippen LogP) is 4.19. The Morgan fingerprint density at radius 3 is 1.59 bits per heavy atom. The molecule has 0 unspecified atom stereocenters. The average molecular weight is 222 g/mol. The molecule has 2 rings (SSSR count). The van der Waals surface area contributed by atoms with E-state index in [1.165, 1.54) is 6.08 Å². The Hall–Kier alpha value is -2.28. The second-order valence-electron chi connectivity index (χ2n) is 3.70. The first-order valence-corrected chi connectivity index (χ1v) is 5.49. The molecule has 0 aliphatic carbocycles. The van der Waals surface area contributed by atoms with Gasteiger partial charge in [-0.25, -0.2) is 0 Å². The van der Waals surface area contributed by atoms with E-state index in [0.29, 0.717) is 0 Å². The Bertz CT molecular complexity index is 482. The van der Waals surface area contributed by atoms with E-state index in [0.717, 1.165) is 16.7 Å². The first-order chi connectivity index (χ1) is 8.33. The van der Waals surface area contributed by atoms with Crippen molar-refractivity contribution in [3.63, 3.8) is 0 Å². The minimum atomic E-state index is 0.197. The number of allylic oxidation sites excluding steroid dienone is 1. The highest BCUT2D eigenvalue weighted by atomic mass is 16.3. The standard InChI is InChI=1S/C16H14O/c1-2-15(17)16(13-9-5-3-6-10-13)14-11-7-4-8-12-14/h2-12,17H,1H2. The van der Waals surface area contributed by atoms with Gasteiger partial charge in [0, 0.05) is 5.57 Å². The molecule has 0 aliphatic heterocycles. The molecule has 0 atom stereocenters.